The smallest absolute Gasteiger partial charge is 0.316 e. The van der Waals surface area contributed by atoms with Gasteiger partial charge in [-0.25, -0.2) is 14.4 Å². The van der Waals surface area contributed by atoms with Crippen LogP contribution in [0.5, 0.6) is 0 Å². The number of hydrogen-bond acceptors (Lipinski definition) is 6. The van der Waals surface area contributed by atoms with E-state index in [0.29, 0.717) is 39.3 Å². The highest BCUT2D eigenvalue weighted by Crippen LogP contribution is 2.44. The molecule has 2 heterocycles. The lowest BCUT2D eigenvalue weighted by Gasteiger charge is -2.34. The van der Waals surface area contributed by atoms with Gasteiger partial charge in [-0.1, -0.05) is 30.3 Å². The SMILES string of the molecule is Cc1nc(N(c2ccccc2)[C@H](C)c2cccc(C(F)(F)C(C)(C)O)c2F)c2cc3c(cc2n1)n(C)c(=O)c(=O)n3C. The van der Waals surface area contributed by atoms with Crippen LogP contribution in [0.3, 0.4) is 0 Å². The van der Waals surface area contributed by atoms with Crippen molar-refractivity contribution < 1.29 is 18.3 Å². The van der Waals surface area contributed by atoms with E-state index in [0.717, 1.165) is 19.9 Å². The van der Waals surface area contributed by atoms with E-state index >= 15 is 13.2 Å². The molecule has 42 heavy (non-hydrogen) atoms. The number of anilines is 2. The van der Waals surface area contributed by atoms with Gasteiger partial charge >= 0.3 is 17.0 Å². The van der Waals surface area contributed by atoms with Gasteiger partial charge in [0.1, 0.15) is 23.1 Å². The summed E-state index contributed by atoms with van der Waals surface area (Å²) in [4.78, 5) is 36.1. The summed E-state index contributed by atoms with van der Waals surface area (Å²) in [5.41, 5.74) is -2.88. The van der Waals surface area contributed by atoms with Crippen LogP contribution >= 0.6 is 0 Å². The molecule has 218 valence electrons. The normalized spacial score (nSPS) is 13.1. The van der Waals surface area contributed by atoms with E-state index in [9.17, 15) is 14.7 Å². The minimum Gasteiger partial charge on any atom is -0.384 e. The van der Waals surface area contributed by atoms with Crippen molar-refractivity contribution in [1.29, 1.82) is 0 Å². The Hall–Kier alpha value is -4.51. The third-order valence-electron chi connectivity index (χ3n) is 7.63. The molecule has 0 saturated heterocycles. The van der Waals surface area contributed by atoms with Crippen LogP contribution < -0.4 is 16.0 Å². The summed E-state index contributed by atoms with van der Waals surface area (Å²) in [6, 6.07) is 15.2. The fraction of sp³-hybridized carbons (Fsp3) is 0.290. The monoisotopic (exact) mass is 577 g/mol. The highest BCUT2D eigenvalue weighted by Gasteiger charge is 2.49. The number of aliphatic hydroxyl groups is 1. The van der Waals surface area contributed by atoms with Gasteiger partial charge in [0.2, 0.25) is 0 Å². The Bertz CT molecular complexity index is 1960. The van der Waals surface area contributed by atoms with Crippen molar-refractivity contribution >= 4 is 33.4 Å². The second-order valence-electron chi connectivity index (χ2n) is 10.9. The van der Waals surface area contributed by atoms with Crippen molar-refractivity contribution in [1.82, 2.24) is 19.1 Å². The van der Waals surface area contributed by atoms with E-state index < -0.39 is 40.1 Å². The van der Waals surface area contributed by atoms with Gasteiger partial charge in [0, 0.05) is 30.7 Å². The van der Waals surface area contributed by atoms with Crippen LogP contribution in [0.25, 0.3) is 21.9 Å². The number of benzene rings is 3. The average molecular weight is 578 g/mol. The van der Waals surface area contributed by atoms with Gasteiger partial charge in [-0.2, -0.15) is 8.78 Å². The lowest BCUT2D eigenvalue weighted by Crippen LogP contribution is -2.41. The molecule has 0 aliphatic carbocycles. The first-order valence-electron chi connectivity index (χ1n) is 13.3. The van der Waals surface area contributed by atoms with Crippen molar-refractivity contribution in [2.75, 3.05) is 4.90 Å². The lowest BCUT2D eigenvalue weighted by molar-refractivity contribution is -0.170. The van der Waals surface area contributed by atoms with E-state index in [4.69, 9.17) is 4.98 Å². The summed E-state index contributed by atoms with van der Waals surface area (Å²) in [5.74, 6) is -4.29. The fourth-order valence-corrected chi connectivity index (χ4v) is 5.18. The summed E-state index contributed by atoms with van der Waals surface area (Å²) >= 11 is 0. The maximum Gasteiger partial charge on any atom is 0.316 e. The highest BCUT2D eigenvalue weighted by atomic mass is 19.3. The van der Waals surface area contributed by atoms with Gasteiger partial charge in [0.25, 0.3) is 0 Å². The molecule has 2 aromatic heterocycles. The minimum atomic E-state index is -3.87. The molecule has 0 aliphatic rings. The van der Waals surface area contributed by atoms with Crippen LogP contribution in [0.2, 0.25) is 0 Å². The first kappa shape index (κ1) is 29.0. The number of para-hydroxylation sites is 1. The maximum absolute atomic E-state index is 16.0. The number of nitrogens with zero attached hydrogens (tertiary/aromatic N) is 5. The first-order chi connectivity index (χ1) is 19.6. The fourth-order valence-electron chi connectivity index (χ4n) is 5.18. The third kappa shape index (κ3) is 4.53. The lowest BCUT2D eigenvalue weighted by atomic mass is 9.90. The number of aryl methyl sites for hydroxylation is 3. The third-order valence-corrected chi connectivity index (χ3v) is 7.63. The van der Waals surface area contributed by atoms with Crippen molar-refractivity contribution in [3.05, 3.63) is 104 Å². The Morgan fingerprint density at radius 3 is 2.10 bits per heavy atom. The molecule has 3 aromatic carbocycles. The standard InChI is InChI=1S/C31H30F3N5O3/c1-17(20-13-10-14-22(26(20)32)31(33,34)30(3,4)42)39(19-11-8-7-9-12-19)27-21-15-24-25(16-23(21)35-18(2)36-27)38(6)29(41)28(40)37(24)5/h7-17,42H,1-6H3/t17-/m1/s1. The Labute approximate surface area is 239 Å². The molecule has 1 N–H and O–H groups in total. The maximum atomic E-state index is 16.0. The summed E-state index contributed by atoms with van der Waals surface area (Å²) in [6.07, 6.45) is 0. The molecular formula is C31H30F3N5O3. The van der Waals surface area contributed by atoms with Crippen molar-refractivity contribution in [3.63, 3.8) is 0 Å². The van der Waals surface area contributed by atoms with Gasteiger partial charge in [-0.15, -0.1) is 0 Å². The molecule has 1 atom stereocenters. The van der Waals surface area contributed by atoms with Gasteiger partial charge in [0.05, 0.1) is 28.2 Å². The second kappa shape index (κ2) is 10.1. The Morgan fingerprint density at radius 2 is 1.50 bits per heavy atom. The zero-order valence-electron chi connectivity index (χ0n) is 24.0. The highest BCUT2D eigenvalue weighted by molar-refractivity contribution is 6.00. The number of halogens is 3. The quantitative estimate of drug-likeness (QED) is 0.215. The van der Waals surface area contributed by atoms with Gasteiger partial charge in [-0.3, -0.25) is 9.59 Å². The number of aromatic nitrogens is 4. The summed E-state index contributed by atoms with van der Waals surface area (Å²) < 4.78 is 48.9. The summed E-state index contributed by atoms with van der Waals surface area (Å²) in [7, 11) is 3.00. The number of hydrogen-bond donors (Lipinski definition) is 1. The molecule has 5 aromatic rings. The summed E-state index contributed by atoms with van der Waals surface area (Å²) in [5, 5.41) is 10.6. The Kier molecular flexibility index (Phi) is 6.97. The molecule has 0 unspecified atom stereocenters. The van der Waals surface area contributed by atoms with Crippen molar-refractivity contribution in [3.8, 4) is 0 Å². The first-order valence-corrected chi connectivity index (χ1v) is 13.3. The topological polar surface area (TPSA) is 93.2 Å². The predicted octanol–water partition coefficient (Wildman–Crippen LogP) is 5.39. The number of fused-ring (bicyclic) bond motifs is 2. The van der Waals surface area contributed by atoms with Crippen LogP contribution in [-0.2, 0) is 20.0 Å². The molecule has 8 nitrogen and oxygen atoms in total. The Morgan fingerprint density at radius 1 is 0.905 bits per heavy atom. The van der Waals surface area contributed by atoms with E-state index in [2.05, 4.69) is 4.98 Å². The molecule has 0 bridgehead atoms. The van der Waals surface area contributed by atoms with Crippen LogP contribution in [0.1, 0.15) is 43.8 Å². The molecular weight excluding hydrogens is 547 g/mol. The van der Waals surface area contributed by atoms with Crippen LogP contribution in [0.15, 0.2) is 70.3 Å². The molecule has 11 heteroatoms. The zero-order chi connectivity index (χ0) is 30.7. The number of rotatable bonds is 6. The second-order valence-corrected chi connectivity index (χ2v) is 10.9. The minimum absolute atomic E-state index is 0.0414. The van der Waals surface area contributed by atoms with Crippen molar-refractivity contribution in [2.45, 2.75) is 45.3 Å². The van der Waals surface area contributed by atoms with Gasteiger partial charge < -0.3 is 19.1 Å². The molecule has 5 rings (SSSR count). The predicted molar refractivity (Wildman–Crippen MR) is 156 cm³/mol. The molecule has 0 spiro atoms. The van der Waals surface area contributed by atoms with Crippen LogP contribution in [0, 0.1) is 12.7 Å². The van der Waals surface area contributed by atoms with Gasteiger partial charge in [-0.05, 0) is 58.0 Å². The van der Waals surface area contributed by atoms with E-state index in [-0.39, 0.29) is 5.56 Å². The Balaban J connectivity index is 1.82. The van der Waals surface area contributed by atoms with Crippen molar-refractivity contribution in [2.24, 2.45) is 14.1 Å². The van der Waals surface area contributed by atoms with E-state index in [1.807, 2.05) is 6.07 Å². The molecule has 0 radical (unpaired) electrons. The molecule has 0 amide bonds. The number of alkyl halides is 2. The van der Waals surface area contributed by atoms with Crippen LogP contribution in [-0.4, -0.2) is 29.8 Å². The molecule has 0 saturated carbocycles. The average Bonchev–Trinajstić information content (AvgIpc) is 2.94. The summed E-state index contributed by atoms with van der Waals surface area (Å²) in [6.45, 7) is 5.22. The van der Waals surface area contributed by atoms with Gasteiger partial charge in [0.15, 0.2) is 0 Å². The van der Waals surface area contributed by atoms with E-state index in [1.54, 1.807) is 55.1 Å². The largest absolute Gasteiger partial charge is 0.384 e. The van der Waals surface area contributed by atoms with E-state index in [1.165, 1.54) is 35.4 Å². The zero-order valence-corrected chi connectivity index (χ0v) is 24.0. The molecule has 0 aliphatic heterocycles. The molecule has 0 fully saturated rings. The van der Waals surface area contributed by atoms with Crippen LogP contribution in [0.4, 0.5) is 24.7 Å².